The number of aromatic nitrogens is 1. The predicted molar refractivity (Wildman–Crippen MR) is 47.9 cm³/mol. The molecule has 1 heterocycles. The Bertz CT molecular complexity index is 308. The van der Waals surface area contributed by atoms with Crippen LogP contribution in [0.1, 0.15) is 17.4 Å². The molecule has 0 bridgehead atoms. The van der Waals surface area contributed by atoms with Crippen LogP contribution in [-0.4, -0.2) is 17.4 Å². The molecule has 0 aromatic carbocycles. The van der Waals surface area contributed by atoms with E-state index in [1.807, 2.05) is 0 Å². The van der Waals surface area contributed by atoms with E-state index in [0.717, 1.165) is 0 Å². The van der Waals surface area contributed by atoms with Gasteiger partial charge < -0.3 is 5.32 Å². The van der Waals surface area contributed by atoms with Gasteiger partial charge in [0.2, 0.25) is 0 Å². The second-order valence-electron chi connectivity index (χ2n) is 1.98. The number of thiazole rings is 1. The Morgan fingerprint density at radius 3 is 3.25 bits per heavy atom. The van der Waals surface area contributed by atoms with Crippen molar-refractivity contribution < 1.29 is 4.79 Å². The third kappa shape index (κ3) is 2.36. The van der Waals surface area contributed by atoms with Crippen molar-refractivity contribution in [1.82, 2.24) is 10.3 Å². The van der Waals surface area contributed by atoms with E-state index in [2.05, 4.69) is 22.1 Å². The van der Waals surface area contributed by atoms with E-state index in [0.29, 0.717) is 12.2 Å². The van der Waals surface area contributed by atoms with Crippen molar-refractivity contribution in [3.63, 3.8) is 0 Å². The molecule has 0 aliphatic carbocycles. The second-order valence-corrected chi connectivity index (χ2v) is 2.70. The van der Waals surface area contributed by atoms with Crippen LogP contribution in [0.2, 0.25) is 0 Å². The largest absolute Gasteiger partial charge is 0.340 e. The number of rotatable bonds is 2. The molecule has 1 amide bonds. The zero-order valence-electron chi connectivity index (χ0n) is 6.63. The van der Waals surface area contributed by atoms with Gasteiger partial charge in [0.15, 0.2) is 0 Å². The molecule has 0 fully saturated rings. The minimum atomic E-state index is -0.168. The maximum atomic E-state index is 11.1. The van der Waals surface area contributed by atoms with E-state index in [-0.39, 0.29) is 5.91 Å². The minimum absolute atomic E-state index is 0.168. The lowest BCUT2D eigenvalue weighted by Crippen LogP contribution is -2.23. The molecule has 0 atom stereocenters. The van der Waals surface area contributed by atoms with Gasteiger partial charge in [-0.3, -0.25) is 4.79 Å². The molecule has 0 saturated heterocycles. The standard InChI is InChI=1S/C8H8N2OS/c1-2-3-4-9-8(11)7-5-12-6-10-7/h5-6H,4H2,1H3,(H,9,11). The first kappa shape index (κ1) is 8.75. The van der Waals surface area contributed by atoms with Crippen molar-refractivity contribution in [2.75, 3.05) is 6.54 Å². The third-order valence-electron chi connectivity index (χ3n) is 1.18. The molecule has 0 spiro atoms. The Morgan fingerprint density at radius 2 is 2.67 bits per heavy atom. The Balaban J connectivity index is 2.43. The third-order valence-corrected chi connectivity index (χ3v) is 1.77. The van der Waals surface area contributed by atoms with Crippen LogP contribution in [0.4, 0.5) is 0 Å². The summed E-state index contributed by atoms with van der Waals surface area (Å²) in [6.45, 7) is 2.11. The molecule has 1 aromatic heterocycles. The lowest BCUT2D eigenvalue weighted by atomic mass is 10.4. The van der Waals surface area contributed by atoms with Gasteiger partial charge in [0.1, 0.15) is 5.69 Å². The fourth-order valence-electron chi connectivity index (χ4n) is 0.628. The predicted octanol–water partition coefficient (Wildman–Crippen LogP) is 0.896. The molecule has 0 radical (unpaired) electrons. The maximum Gasteiger partial charge on any atom is 0.271 e. The lowest BCUT2D eigenvalue weighted by molar-refractivity contribution is 0.0954. The van der Waals surface area contributed by atoms with Gasteiger partial charge >= 0.3 is 0 Å². The van der Waals surface area contributed by atoms with E-state index in [1.165, 1.54) is 11.3 Å². The van der Waals surface area contributed by atoms with Crippen LogP contribution in [0.15, 0.2) is 10.9 Å². The van der Waals surface area contributed by atoms with Crippen LogP contribution < -0.4 is 5.32 Å². The summed E-state index contributed by atoms with van der Waals surface area (Å²) in [7, 11) is 0. The van der Waals surface area contributed by atoms with Crippen LogP contribution in [-0.2, 0) is 0 Å². The van der Waals surface area contributed by atoms with E-state index in [9.17, 15) is 4.79 Å². The van der Waals surface area contributed by atoms with Gasteiger partial charge in [0.05, 0.1) is 12.1 Å². The maximum absolute atomic E-state index is 11.1. The zero-order valence-corrected chi connectivity index (χ0v) is 7.44. The van der Waals surface area contributed by atoms with Crippen LogP contribution in [0, 0.1) is 11.8 Å². The average Bonchev–Trinajstić information content (AvgIpc) is 2.56. The summed E-state index contributed by atoms with van der Waals surface area (Å²) in [6, 6.07) is 0. The summed E-state index contributed by atoms with van der Waals surface area (Å²) < 4.78 is 0. The van der Waals surface area contributed by atoms with Crippen molar-refractivity contribution in [3.8, 4) is 11.8 Å². The lowest BCUT2D eigenvalue weighted by Gasteiger charge is -1.95. The van der Waals surface area contributed by atoms with Gasteiger partial charge in [0.25, 0.3) is 5.91 Å². The summed E-state index contributed by atoms with van der Waals surface area (Å²) in [5, 5.41) is 4.32. The van der Waals surface area contributed by atoms with Gasteiger partial charge in [-0.15, -0.1) is 17.3 Å². The molecule has 0 unspecified atom stereocenters. The van der Waals surface area contributed by atoms with Crippen molar-refractivity contribution in [2.45, 2.75) is 6.92 Å². The Labute approximate surface area is 74.8 Å². The number of hydrogen-bond acceptors (Lipinski definition) is 3. The summed E-state index contributed by atoms with van der Waals surface area (Å²) in [4.78, 5) is 15.0. The highest BCUT2D eigenvalue weighted by atomic mass is 32.1. The SMILES string of the molecule is CC#CCNC(=O)c1cscn1. The molecule has 0 aliphatic heterocycles. The molecule has 12 heavy (non-hydrogen) atoms. The van der Waals surface area contributed by atoms with Crippen molar-refractivity contribution >= 4 is 17.2 Å². The van der Waals surface area contributed by atoms with E-state index in [1.54, 1.807) is 17.8 Å². The fraction of sp³-hybridized carbons (Fsp3) is 0.250. The highest BCUT2D eigenvalue weighted by molar-refractivity contribution is 7.07. The molecule has 3 nitrogen and oxygen atoms in total. The summed E-state index contributed by atoms with van der Waals surface area (Å²) >= 11 is 1.40. The molecule has 1 rings (SSSR count). The molecular formula is C8H8N2OS. The van der Waals surface area contributed by atoms with Gasteiger partial charge in [0, 0.05) is 5.38 Å². The molecule has 1 N–H and O–H groups in total. The number of carbonyl (C=O) groups excluding carboxylic acids is 1. The number of hydrogen-bond donors (Lipinski definition) is 1. The van der Waals surface area contributed by atoms with Crippen LogP contribution in [0.25, 0.3) is 0 Å². The summed E-state index contributed by atoms with van der Waals surface area (Å²) in [6.07, 6.45) is 0. The molecule has 4 heteroatoms. The smallest absolute Gasteiger partial charge is 0.271 e. The Hall–Kier alpha value is -1.34. The zero-order chi connectivity index (χ0) is 8.81. The van der Waals surface area contributed by atoms with E-state index >= 15 is 0 Å². The second kappa shape index (κ2) is 4.52. The first-order valence-corrected chi connectivity index (χ1v) is 4.35. The fourth-order valence-corrected chi connectivity index (χ4v) is 1.16. The van der Waals surface area contributed by atoms with Crippen molar-refractivity contribution in [1.29, 1.82) is 0 Å². The molecule has 62 valence electrons. The average molecular weight is 180 g/mol. The number of nitrogens with one attached hydrogen (secondary N) is 1. The van der Waals surface area contributed by atoms with Crippen molar-refractivity contribution in [2.24, 2.45) is 0 Å². The molecule has 0 aliphatic rings. The monoisotopic (exact) mass is 180 g/mol. The highest BCUT2D eigenvalue weighted by Gasteiger charge is 2.04. The quantitative estimate of drug-likeness (QED) is 0.687. The summed E-state index contributed by atoms with van der Waals surface area (Å²) in [5.74, 6) is 5.25. The van der Waals surface area contributed by atoms with Gasteiger partial charge in [-0.05, 0) is 6.92 Å². The first-order chi connectivity index (χ1) is 5.84. The van der Waals surface area contributed by atoms with Gasteiger partial charge in [-0.1, -0.05) is 5.92 Å². The minimum Gasteiger partial charge on any atom is -0.340 e. The topological polar surface area (TPSA) is 42.0 Å². The number of carbonyl (C=O) groups is 1. The van der Waals surface area contributed by atoms with E-state index in [4.69, 9.17) is 0 Å². The Kier molecular flexibility index (Phi) is 3.30. The summed E-state index contributed by atoms with van der Waals surface area (Å²) in [5.41, 5.74) is 2.08. The van der Waals surface area contributed by atoms with E-state index < -0.39 is 0 Å². The highest BCUT2D eigenvalue weighted by Crippen LogP contribution is 1.99. The van der Waals surface area contributed by atoms with Gasteiger partial charge in [-0.2, -0.15) is 0 Å². The molecular weight excluding hydrogens is 172 g/mol. The number of nitrogens with zero attached hydrogens (tertiary/aromatic N) is 1. The number of amides is 1. The Morgan fingerprint density at radius 1 is 1.83 bits per heavy atom. The molecule has 1 aromatic rings. The first-order valence-electron chi connectivity index (χ1n) is 3.40. The van der Waals surface area contributed by atoms with Gasteiger partial charge in [-0.25, -0.2) is 4.98 Å². The van der Waals surface area contributed by atoms with Crippen LogP contribution in [0.3, 0.4) is 0 Å². The molecule has 0 saturated carbocycles. The normalized spacial score (nSPS) is 8.42. The van der Waals surface area contributed by atoms with Crippen LogP contribution >= 0.6 is 11.3 Å². The van der Waals surface area contributed by atoms with Crippen molar-refractivity contribution in [3.05, 3.63) is 16.6 Å². The van der Waals surface area contributed by atoms with Crippen LogP contribution in [0.5, 0.6) is 0 Å².